The number of carbonyl (C=O) groups is 1. The normalized spacial score (nSPS) is 10.8. The van der Waals surface area contributed by atoms with E-state index in [2.05, 4.69) is 29.3 Å². The number of benzene rings is 2. The Morgan fingerprint density at radius 2 is 1.92 bits per heavy atom. The van der Waals surface area contributed by atoms with Crippen molar-refractivity contribution in [2.24, 2.45) is 0 Å². The minimum absolute atomic E-state index is 0.157. The number of hydrogen-bond donors (Lipinski definition) is 2. The van der Waals surface area contributed by atoms with Gasteiger partial charge in [0.15, 0.2) is 0 Å². The summed E-state index contributed by atoms with van der Waals surface area (Å²) in [6, 6.07) is 13.2. The Hall–Kier alpha value is -1.75. The van der Waals surface area contributed by atoms with Crippen molar-refractivity contribution in [3.63, 3.8) is 0 Å². The minimum Gasteiger partial charge on any atom is -0.397 e. The fourth-order valence-corrected chi connectivity index (χ4v) is 3.04. The van der Waals surface area contributed by atoms with E-state index < -0.39 is 0 Å². The van der Waals surface area contributed by atoms with Gasteiger partial charge in [0.2, 0.25) is 5.91 Å². The Morgan fingerprint density at radius 1 is 1.21 bits per heavy atom. The molecule has 0 unspecified atom stereocenters. The number of amides is 1. The number of nitrogen functional groups attached to an aromatic ring is 1. The number of nitrogens with zero attached hydrogens (tertiary/aromatic N) is 1. The van der Waals surface area contributed by atoms with E-state index in [9.17, 15) is 4.79 Å². The topological polar surface area (TPSA) is 58.4 Å². The summed E-state index contributed by atoms with van der Waals surface area (Å²) in [5.74, 6) is -0.157. The van der Waals surface area contributed by atoms with Crippen LogP contribution in [0.25, 0.3) is 0 Å². The molecule has 24 heavy (non-hydrogen) atoms. The fraction of sp³-hybridized carbons (Fsp3) is 0.278. The number of rotatable bonds is 7. The highest BCUT2D eigenvalue weighted by atomic mass is 35.5. The Morgan fingerprint density at radius 3 is 2.54 bits per heavy atom. The molecule has 0 bridgehead atoms. The first kappa shape index (κ1) is 18.6. The number of hydrogen-bond acceptors (Lipinski definition) is 3. The Kier molecular flexibility index (Phi) is 6.91. The molecule has 0 atom stereocenters. The van der Waals surface area contributed by atoms with Gasteiger partial charge in [-0.3, -0.25) is 9.69 Å². The molecule has 3 N–H and O–H groups in total. The van der Waals surface area contributed by atoms with Gasteiger partial charge in [0.25, 0.3) is 0 Å². The summed E-state index contributed by atoms with van der Waals surface area (Å²) in [7, 11) is 0. The molecule has 0 spiro atoms. The second-order valence-electron chi connectivity index (χ2n) is 5.60. The van der Waals surface area contributed by atoms with Gasteiger partial charge in [0, 0.05) is 11.6 Å². The molecule has 128 valence electrons. The van der Waals surface area contributed by atoms with E-state index >= 15 is 0 Å². The van der Waals surface area contributed by atoms with Crippen LogP contribution in [-0.4, -0.2) is 23.9 Å². The van der Waals surface area contributed by atoms with Crippen LogP contribution in [0.1, 0.15) is 18.9 Å². The summed E-state index contributed by atoms with van der Waals surface area (Å²) in [5.41, 5.74) is 7.81. The number of anilines is 2. The lowest BCUT2D eigenvalue weighted by atomic mass is 10.2. The van der Waals surface area contributed by atoms with Crippen LogP contribution in [0.5, 0.6) is 0 Å². The lowest BCUT2D eigenvalue weighted by Gasteiger charge is -2.21. The van der Waals surface area contributed by atoms with E-state index in [-0.39, 0.29) is 12.5 Å². The summed E-state index contributed by atoms with van der Waals surface area (Å²) in [4.78, 5) is 14.5. The van der Waals surface area contributed by atoms with Crippen molar-refractivity contribution in [1.82, 2.24) is 4.90 Å². The quantitative estimate of drug-likeness (QED) is 0.713. The highest BCUT2D eigenvalue weighted by Crippen LogP contribution is 2.31. The molecule has 1 amide bonds. The van der Waals surface area contributed by atoms with Crippen LogP contribution in [0.4, 0.5) is 11.4 Å². The number of carbonyl (C=O) groups excluding carboxylic acids is 1. The minimum atomic E-state index is -0.157. The Labute approximate surface area is 152 Å². The summed E-state index contributed by atoms with van der Waals surface area (Å²) >= 11 is 12.0. The first-order valence-electron chi connectivity index (χ1n) is 7.80. The van der Waals surface area contributed by atoms with Crippen LogP contribution in [0.15, 0.2) is 42.5 Å². The lowest BCUT2D eigenvalue weighted by Crippen LogP contribution is -2.33. The Balaban J connectivity index is 2.03. The van der Waals surface area contributed by atoms with Gasteiger partial charge in [0.1, 0.15) is 0 Å². The van der Waals surface area contributed by atoms with Crippen molar-refractivity contribution in [2.45, 2.75) is 19.9 Å². The zero-order valence-electron chi connectivity index (χ0n) is 13.6. The van der Waals surface area contributed by atoms with Crippen LogP contribution in [0.2, 0.25) is 10.0 Å². The van der Waals surface area contributed by atoms with E-state index in [0.29, 0.717) is 28.0 Å². The maximum absolute atomic E-state index is 12.4. The summed E-state index contributed by atoms with van der Waals surface area (Å²) in [6.45, 7) is 3.89. The van der Waals surface area contributed by atoms with E-state index in [0.717, 1.165) is 13.0 Å². The first-order chi connectivity index (χ1) is 11.5. The van der Waals surface area contributed by atoms with E-state index in [1.807, 2.05) is 18.2 Å². The van der Waals surface area contributed by atoms with Gasteiger partial charge in [-0.25, -0.2) is 0 Å². The molecule has 2 rings (SSSR count). The van der Waals surface area contributed by atoms with Gasteiger partial charge in [0.05, 0.1) is 22.9 Å². The van der Waals surface area contributed by atoms with E-state index in [4.69, 9.17) is 28.9 Å². The molecule has 0 saturated carbocycles. The second kappa shape index (κ2) is 8.92. The van der Waals surface area contributed by atoms with Crippen LogP contribution < -0.4 is 11.1 Å². The summed E-state index contributed by atoms with van der Waals surface area (Å²) in [5, 5.41) is 3.55. The van der Waals surface area contributed by atoms with Crippen LogP contribution in [-0.2, 0) is 11.3 Å². The standard InChI is InChI=1S/C18H21Cl2N3O/c1-2-8-23(11-13-6-4-3-5-7-13)12-17(24)22-18-15(20)9-14(19)10-16(18)21/h3-7,9-10H,2,8,11-12,21H2,1H3,(H,22,24). The maximum atomic E-state index is 12.4. The van der Waals surface area contributed by atoms with Gasteiger partial charge in [-0.05, 0) is 30.7 Å². The third kappa shape index (κ3) is 5.41. The monoisotopic (exact) mass is 365 g/mol. The summed E-state index contributed by atoms with van der Waals surface area (Å²) < 4.78 is 0. The van der Waals surface area contributed by atoms with E-state index in [1.54, 1.807) is 12.1 Å². The van der Waals surface area contributed by atoms with Crippen LogP contribution in [0, 0.1) is 0 Å². The molecule has 0 radical (unpaired) electrons. The molecule has 6 heteroatoms. The third-order valence-electron chi connectivity index (χ3n) is 3.51. The van der Waals surface area contributed by atoms with Crippen molar-refractivity contribution in [3.05, 3.63) is 58.1 Å². The van der Waals surface area contributed by atoms with Crippen molar-refractivity contribution in [1.29, 1.82) is 0 Å². The smallest absolute Gasteiger partial charge is 0.238 e. The average molecular weight is 366 g/mol. The maximum Gasteiger partial charge on any atom is 0.238 e. The number of nitrogens with two attached hydrogens (primary N) is 1. The van der Waals surface area contributed by atoms with Gasteiger partial charge < -0.3 is 11.1 Å². The zero-order chi connectivity index (χ0) is 17.5. The molecule has 0 aliphatic rings. The van der Waals surface area contributed by atoms with Gasteiger partial charge >= 0.3 is 0 Å². The van der Waals surface area contributed by atoms with E-state index in [1.165, 1.54) is 5.56 Å². The van der Waals surface area contributed by atoms with Gasteiger partial charge in [-0.1, -0.05) is 60.5 Å². The molecule has 0 saturated heterocycles. The predicted octanol–water partition coefficient (Wildman–Crippen LogP) is 4.43. The molecule has 0 fully saturated rings. The zero-order valence-corrected chi connectivity index (χ0v) is 15.1. The number of halogens is 2. The lowest BCUT2D eigenvalue weighted by molar-refractivity contribution is -0.117. The second-order valence-corrected chi connectivity index (χ2v) is 6.44. The SMILES string of the molecule is CCCN(CC(=O)Nc1c(N)cc(Cl)cc1Cl)Cc1ccccc1. The average Bonchev–Trinajstić information content (AvgIpc) is 2.52. The molecule has 2 aromatic rings. The molecule has 0 aliphatic carbocycles. The Bertz CT molecular complexity index is 669. The molecule has 0 aromatic heterocycles. The van der Waals surface area contributed by atoms with Crippen molar-refractivity contribution in [3.8, 4) is 0 Å². The number of nitrogens with one attached hydrogen (secondary N) is 1. The third-order valence-corrected chi connectivity index (χ3v) is 4.02. The molecule has 4 nitrogen and oxygen atoms in total. The van der Waals surface area contributed by atoms with Crippen LogP contribution >= 0.6 is 23.2 Å². The highest BCUT2D eigenvalue weighted by Gasteiger charge is 2.14. The molecule has 2 aromatic carbocycles. The summed E-state index contributed by atoms with van der Waals surface area (Å²) in [6.07, 6.45) is 0.962. The molecule has 0 heterocycles. The van der Waals surface area contributed by atoms with Crippen molar-refractivity contribution < 1.29 is 4.79 Å². The van der Waals surface area contributed by atoms with Gasteiger partial charge in [-0.2, -0.15) is 0 Å². The fourth-order valence-electron chi connectivity index (χ4n) is 2.48. The largest absolute Gasteiger partial charge is 0.397 e. The predicted molar refractivity (Wildman–Crippen MR) is 102 cm³/mol. The van der Waals surface area contributed by atoms with Crippen molar-refractivity contribution in [2.75, 3.05) is 24.1 Å². The van der Waals surface area contributed by atoms with Crippen LogP contribution in [0.3, 0.4) is 0 Å². The molecular formula is C18H21Cl2N3O. The van der Waals surface area contributed by atoms with Gasteiger partial charge in [-0.15, -0.1) is 0 Å². The highest BCUT2D eigenvalue weighted by molar-refractivity contribution is 6.37. The first-order valence-corrected chi connectivity index (χ1v) is 8.55. The van der Waals surface area contributed by atoms with Crippen molar-refractivity contribution >= 4 is 40.5 Å². The molecule has 0 aliphatic heterocycles. The molecular weight excluding hydrogens is 345 g/mol.